The molecule has 3 aromatic rings. The van der Waals surface area contributed by atoms with Crippen LogP contribution in [0.15, 0.2) is 35.3 Å². The first-order valence-electron chi connectivity index (χ1n) is 9.43. The Hall–Kier alpha value is -2.66. The maximum Gasteiger partial charge on any atom is 0.268 e. The molecule has 2 aromatic heterocycles. The number of pyridine rings is 2. The standard InChI is InChI=1S/C22H22ClN3O2/c1-12-9-14(22(2)6-3-4-7-22)15(23)10-13(12)17-11-18(27)19-16(26-17)5-8-25-20(19)21(24)28/h5,8-11H,3-4,6-7H2,1-2H3,(H2,24,28)(H,26,27). The van der Waals surface area contributed by atoms with Gasteiger partial charge in [-0.2, -0.15) is 0 Å². The zero-order chi connectivity index (χ0) is 20.1. The van der Waals surface area contributed by atoms with Crippen molar-refractivity contribution in [2.24, 2.45) is 5.73 Å². The number of benzene rings is 1. The van der Waals surface area contributed by atoms with Crippen molar-refractivity contribution in [3.63, 3.8) is 0 Å². The van der Waals surface area contributed by atoms with Crippen LogP contribution in [0.5, 0.6) is 0 Å². The van der Waals surface area contributed by atoms with Gasteiger partial charge in [-0.15, -0.1) is 0 Å². The van der Waals surface area contributed by atoms with Gasteiger partial charge in [0.2, 0.25) is 0 Å². The summed E-state index contributed by atoms with van der Waals surface area (Å²) >= 11 is 6.68. The molecular formula is C22H22ClN3O2. The summed E-state index contributed by atoms with van der Waals surface area (Å²) in [6, 6.07) is 7.22. The van der Waals surface area contributed by atoms with Crippen molar-refractivity contribution in [1.29, 1.82) is 0 Å². The van der Waals surface area contributed by atoms with E-state index in [-0.39, 0.29) is 21.9 Å². The van der Waals surface area contributed by atoms with E-state index < -0.39 is 5.91 Å². The summed E-state index contributed by atoms with van der Waals surface area (Å²) < 4.78 is 0. The van der Waals surface area contributed by atoms with Gasteiger partial charge in [0, 0.05) is 22.8 Å². The van der Waals surface area contributed by atoms with Crippen molar-refractivity contribution in [2.75, 3.05) is 0 Å². The van der Waals surface area contributed by atoms with Crippen LogP contribution >= 0.6 is 11.6 Å². The minimum absolute atomic E-state index is 0.0236. The van der Waals surface area contributed by atoms with Gasteiger partial charge in [0.15, 0.2) is 5.43 Å². The second-order valence-electron chi connectivity index (χ2n) is 7.91. The third-order valence-corrected chi connectivity index (χ3v) is 6.25. The summed E-state index contributed by atoms with van der Waals surface area (Å²) in [6.45, 7) is 4.30. The Balaban J connectivity index is 1.88. The van der Waals surface area contributed by atoms with Gasteiger partial charge >= 0.3 is 0 Å². The molecule has 1 aromatic carbocycles. The fourth-order valence-electron chi connectivity index (χ4n) is 4.39. The predicted octanol–water partition coefficient (Wildman–Crippen LogP) is 4.48. The van der Waals surface area contributed by atoms with Crippen LogP contribution in [-0.2, 0) is 5.41 Å². The maximum absolute atomic E-state index is 12.7. The number of carbonyl (C=O) groups is 1. The highest BCUT2D eigenvalue weighted by molar-refractivity contribution is 6.31. The summed E-state index contributed by atoms with van der Waals surface area (Å²) in [5.41, 5.74) is 9.42. The molecule has 0 saturated heterocycles. The van der Waals surface area contributed by atoms with Gasteiger partial charge in [-0.05, 0) is 48.4 Å². The minimum atomic E-state index is -0.725. The fourth-order valence-corrected chi connectivity index (χ4v) is 4.78. The first-order chi connectivity index (χ1) is 13.3. The third-order valence-electron chi connectivity index (χ3n) is 5.94. The van der Waals surface area contributed by atoms with Crippen LogP contribution in [0.25, 0.3) is 22.2 Å². The minimum Gasteiger partial charge on any atom is -0.364 e. The van der Waals surface area contributed by atoms with Crippen LogP contribution in [0.1, 0.15) is 54.2 Å². The SMILES string of the molecule is Cc1cc(C2(C)CCCC2)c(Cl)cc1-c1cc(=O)c2c(C(N)=O)nccc2[nH]1. The molecule has 1 amide bonds. The van der Waals surface area contributed by atoms with E-state index in [2.05, 4.69) is 23.0 Å². The Labute approximate surface area is 167 Å². The van der Waals surface area contributed by atoms with Gasteiger partial charge < -0.3 is 10.7 Å². The van der Waals surface area contributed by atoms with Crippen molar-refractivity contribution in [3.05, 3.63) is 62.5 Å². The van der Waals surface area contributed by atoms with E-state index in [4.69, 9.17) is 17.3 Å². The second-order valence-corrected chi connectivity index (χ2v) is 8.32. The van der Waals surface area contributed by atoms with E-state index in [9.17, 15) is 9.59 Å². The van der Waals surface area contributed by atoms with Crippen molar-refractivity contribution >= 4 is 28.4 Å². The molecular weight excluding hydrogens is 374 g/mol. The summed E-state index contributed by atoms with van der Waals surface area (Å²) in [4.78, 5) is 31.5. The fraction of sp³-hybridized carbons (Fsp3) is 0.318. The number of amides is 1. The highest BCUT2D eigenvalue weighted by Crippen LogP contribution is 2.44. The van der Waals surface area contributed by atoms with Crippen molar-refractivity contribution in [1.82, 2.24) is 9.97 Å². The topological polar surface area (TPSA) is 88.8 Å². The van der Waals surface area contributed by atoms with Crippen LogP contribution in [0.2, 0.25) is 5.02 Å². The quantitative estimate of drug-likeness (QED) is 0.685. The number of aryl methyl sites for hydroxylation is 1. The molecule has 0 unspecified atom stereocenters. The highest BCUT2D eigenvalue weighted by Gasteiger charge is 2.32. The Morgan fingerprint density at radius 1 is 1.25 bits per heavy atom. The van der Waals surface area contributed by atoms with Gasteiger partial charge in [-0.3, -0.25) is 14.6 Å². The summed E-state index contributed by atoms with van der Waals surface area (Å²) in [5, 5.41) is 0.927. The first kappa shape index (κ1) is 18.7. The molecule has 4 rings (SSSR count). The molecule has 0 spiro atoms. The largest absolute Gasteiger partial charge is 0.364 e. The smallest absolute Gasteiger partial charge is 0.268 e. The molecule has 5 nitrogen and oxygen atoms in total. The molecule has 6 heteroatoms. The molecule has 0 atom stereocenters. The van der Waals surface area contributed by atoms with E-state index in [1.807, 2.05) is 13.0 Å². The average Bonchev–Trinajstić information content (AvgIpc) is 3.10. The number of hydrogen-bond acceptors (Lipinski definition) is 3. The number of nitrogens with two attached hydrogens (primary N) is 1. The van der Waals surface area contributed by atoms with E-state index in [1.165, 1.54) is 30.7 Å². The number of H-pyrrole nitrogens is 1. The van der Waals surface area contributed by atoms with Crippen LogP contribution in [0.3, 0.4) is 0 Å². The first-order valence-corrected chi connectivity index (χ1v) is 9.81. The number of rotatable bonds is 3. The van der Waals surface area contributed by atoms with Crippen molar-refractivity contribution < 1.29 is 4.79 Å². The number of nitrogens with zero attached hydrogens (tertiary/aromatic N) is 1. The van der Waals surface area contributed by atoms with E-state index in [0.29, 0.717) is 11.2 Å². The summed E-state index contributed by atoms with van der Waals surface area (Å²) in [7, 11) is 0. The number of hydrogen-bond donors (Lipinski definition) is 2. The lowest BCUT2D eigenvalue weighted by Crippen LogP contribution is -2.18. The van der Waals surface area contributed by atoms with Crippen LogP contribution in [0, 0.1) is 6.92 Å². The predicted molar refractivity (Wildman–Crippen MR) is 112 cm³/mol. The molecule has 144 valence electrons. The normalized spacial score (nSPS) is 15.8. The number of primary amides is 1. The van der Waals surface area contributed by atoms with E-state index >= 15 is 0 Å². The van der Waals surface area contributed by atoms with Gasteiger partial charge in [-0.25, -0.2) is 0 Å². The Bertz CT molecular complexity index is 1160. The summed E-state index contributed by atoms with van der Waals surface area (Å²) in [6.07, 6.45) is 6.19. The van der Waals surface area contributed by atoms with Gasteiger partial charge in [0.25, 0.3) is 5.91 Å². The van der Waals surface area contributed by atoms with Gasteiger partial charge in [0.05, 0.1) is 16.6 Å². The summed E-state index contributed by atoms with van der Waals surface area (Å²) in [5.74, 6) is -0.725. The maximum atomic E-state index is 12.7. The van der Waals surface area contributed by atoms with E-state index in [0.717, 1.165) is 29.0 Å². The zero-order valence-electron chi connectivity index (χ0n) is 15.9. The number of carbonyl (C=O) groups excluding carboxylic acids is 1. The molecule has 1 aliphatic carbocycles. The molecule has 28 heavy (non-hydrogen) atoms. The molecule has 3 N–H and O–H groups in total. The molecule has 0 aliphatic heterocycles. The molecule has 1 fully saturated rings. The molecule has 0 bridgehead atoms. The highest BCUT2D eigenvalue weighted by atomic mass is 35.5. The lowest BCUT2D eigenvalue weighted by atomic mass is 9.79. The lowest BCUT2D eigenvalue weighted by molar-refractivity contribution is 0.0997. The van der Waals surface area contributed by atoms with Crippen molar-refractivity contribution in [3.8, 4) is 11.3 Å². The van der Waals surface area contributed by atoms with Crippen LogP contribution < -0.4 is 11.2 Å². The number of aromatic amines is 1. The van der Waals surface area contributed by atoms with E-state index in [1.54, 1.807) is 6.07 Å². The molecule has 1 aliphatic rings. The average molecular weight is 396 g/mol. The molecule has 2 heterocycles. The third kappa shape index (κ3) is 3.00. The van der Waals surface area contributed by atoms with Crippen LogP contribution in [-0.4, -0.2) is 15.9 Å². The van der Waals surface area contributed by atoms with Gasteiger partial charge in [-0.1, -0.05) is 37.4 Å². The lowest BCUT2D eigenvalue weighted by Gasteiger charge is -2.26. The second kappa shape index (κ2) is 6.74. The zero-order valence-corrected chi connectivity index (χ0v) is 16.7. The Morgan fingerprint density at radius 3 is 2.64 bits per heavy atom. The van der Waals surface area contributed by atoms with Gasteiger partial charge in [0.1, 0.15) is 5.69 Å². The Kier molecular flexibility index (Phi) is 4.50. The number of aromatic nitrogens is 2. The number of halogens is 1. The monoisotopic (exact) mass is 395 g/mol. The Morgan fingerprint density at radius 2 is 1.96 bits per heavy atom. The van der Waals surface area contributed by atoms with Crippen LogP contribution in [0.4, 0.5) is 0 Å². The molecule has 1 saturated carbocycles. The number of fused-ring (bicyclic) bond motifs is 1. The van der Waals surface area contributed by atoms with Crippen molar-refractivity contribution in [2.45, 2.75) is 44.9 Å². The number of nitrogens with one attached hydrogen (secondary N) is 1. The molecule has 0 radical (unpaired) electrons.